The van der Waals surface area contributed by atoms with Crippen LogP contribution >= 0.6 is 0 Å². The first-order chi connectivity index (χ1) is 15.9. The average molecular weight is 517 g/mol. The van der Waals surface area contributed by atoms with Crippen LogP contribution < -0.4 is 0 Å². The molecule has 196 valence electrons. The largest absolute Gasteiger partial charge is 0.465 e. The quantitative estimate of drug-likeness (QED) is 0.288. The number of rotatable bonds is 9. The molecule has 0 aromatic carbocycles. The number of carbonyl (C=O) groups excluding carboxylic acids is 2. The van der Waals surface area contributed by atoms with Crippen molar-refractivity contribution < 1.29 is 60.5 Å². The molecule has 1 spiro atoms. The van der Waals surface area contributed by atoms with E-state index in [1.807, 2.05) is 0 Å². The second-order valence-electron chi connectivity index (χ2n) is 9.35. The molecule has 0 radical (unpaired) electrons. The number of hydrogen-bond acceptors (Lipinski definition) is 10. The maximum absolute atomic E-state index is 13.2. The molecule has 14 heteroatoms. The summed E-state index contributed by atoms with van der Waals surface area (Å²) in [5.41, 5.74) is -0.901. The molecule has 0 amide bonds. The Kier molecular flexibility index (Phi) is 8.20. The fourth-order valence-corrected chi connectivity index (χ4v) is 5.35. The average Bonchev–Trinajstić information content (AvgIpc) is 2.80. The van der Waals surface area contributed by atoms with Crippen LogP contribution in [0.1, 0.15) is 38.5 Å². The lowest BCUT2D eigenvalue weighted by Crippen LogP contribution is -2.62. The number of alkyl halides is 2. The lowest BCUT2D eigenvalue weighted by atomic mass is 9.63. The minimum Gasteiger partial charge on any atom is -0.463 e. The van der Waals surface area contributed by atoms with Crippen LogP contribution in [0.3, 0.4) is 0 Å². The van der Waals surface area contributed by atoms with Gasteiger partial charge in [-0.25, -0.2) is 9.59 Å². The van der Waals surface area contributed by atoms with Gasteiger partial charge < -0.3 is 29.2 Å². The van der Waals surface area contributed by atoms with Crippen LogP contribution in [0, 0.1) is 23.2 Å². The molecule has 0 aromatic heterocycles. The highest BCUT2D eigenvalue weighted by Crippen LogP contribution is 2.54. The molecule has 1 saturated heterocycles. The van der Waals surface area contributed by atoms with Crippen LogP contribution in [0.25, 0.3) is 0 Å². The van der Waals surface area contributed by atoms with Crippen LogP contribution in [-0.4, -0.2) is 85.8 Å². The Balaban J connectivity index is 1.56. The molecule has 3 aliphatic rings. The van der Waals surface area contributed by atoms with Gasteiger partial charge in [0.05, 0.1) is 38.4 Å². The SMILES string of the molecule is O=C(COC(=O)C(F)(F)S(=O)(=O)O)OCCC1CC2CCCC(C2)C12OCC(CO)(CO)CO2. The van der Waals surface area contributed by atoms with Crippen molar-refractivity contribution in [3.05, 3.63) is 0 Å². The number of aliphatic hydroxyl groups is 2. The maximum atomic E-state index is 13.2. The third-order valence-corrected chi connectivity index (χ3v) is 7.84. The van der Waals surface area contributed by atoms with Crippen molar-refractivity contribution in [2.24, 2.45) is 23.2 Å². The van der Waals surface area contributed by atoms with E-state index in [2.05, 4.69) is 4.74 Å². The Morgan fingerprint density at radius 3 is 2.29 bits per heavy atom. The molecule has 2 saturated carbocycles. The first kappa shape index (κ1) is 27.1. The molecule has 2 bridgehead atoms. The van der Waals surface area contributed by atoms with Crippen molar-refractivity contribution in [1.29, 1.82) is 0 Å². The van der Waals surface area contributed by atoms with Gasteiger partial charge in [0.25, 0.3) is 0 Å². The van der Waals surface area contributed by atoms with Gasteiger partial charge in [-0.05, 0) is 31.6 Å². The van der Waals surface area contributed by atoms with Gasteiger partial charge >= 0.3 is 27.3 Å². The van der Waals surface area contributed by atoms with Gasteiger partial charge in [-0.2, -0.15) is 17.2 Å². The number of carbonyl (C=O) groups is 2. The van der Waals surface area contributed by atoms with Crippen molar-refractivity contribution in [2.75, 3.05) is 39.6 Å². The Morgan fingerprint density at radius 1 is 1.06 bits per heavy atom. The summed E-state index contributed by atoms with van der Waals surface area (Å²) in [5, 5.41) is 14.1. The summed E-state index contributed by atoms with van der Waals surface area (Å²) in [5.74, 6) is -4.35. The van der Waals surface area contributed by atoms with Gasteiger partial charge in [0.2, 0.25) is 0 Å². The summed E-state index contributed by atoms with van der Waals surface area (Å²) >= 11 is 0. The van der Waals surface area contributed by atoms with Crippen LogP contribution in [0.15, 0.2) is 0 Å². The molecule has 3 rings (SSSR count). The van der Waals surface area contributed by atoms with E-state index in [0.29, 0.717) is 12.3 Å². The zero-order chi connectivity index (χ0) is 25.2. The number of aliphatic hydroxyl groups excluding tert-OH is 2. The number of halogens is 2. The summed E-state index contributed by atoms with van der Waals surface area (Å²) in [7, 11) is -6.04. The zero-order valence-corrected chi connectivity index (χ0v) is 19.3. The van der Waals surface area contributed by atoms with E-state index in [4.69, 9.17) is 18.8 Å². The minimum absolute atomic E-state index is 0.0969. The normalized spacial score (nSPS) is 28.3. The zero-order valence-electron chi connectivity index (χ0n) is 18.5. The van der Waals surface area contributed by atoms with Crippen LogP contribution in [0.4, 0.5) is 8.78 Å². The van der Waals surface area contributed by atoms with E-state index in [1.54, 1.807) is 0 Å². The lowest BCUT2D eigenvalue weighted by molar-refractivity contribution is -0.371. The van der Waals surface area contributed by atoms with Crippen molar-refractivity contribution in [1.82, 2.24) is 0 Å². The summed E-state index contributed by atoms with van der Waals surface area (Å²) in [6.45, 7) is -1.80. The monoisotopic (exact) mass is 516 g/mol. The molecular weight excluding hydrogens is 486 g/mol. The van der Waals surface area contributed by atoms with E-state index >= 15 is 0 Å². The summed E-state index contributed by atoms with van der Waals surface area (Å²) in [6, 6.07) is 0. The summed E-state index contributed by atoms with van der Waals surface area (Å²) < 4.78 is 77.1. The van der Waals surface area contributed by atoms with E-state index in [-0.39, 0.29) is 44.9 Å². The van der Waals surface area contributed by atoms with Gasteiger partial charge in [-0.1, -0.05) is 12.8 Å². The molecule has 11 nitrogen and oxygen atoms in total. The van der Waals surface area contributed by atoms with E-state index < -0.39 is 45.1 Å². The van der Waals surface area contributed by atoms with Gasteiger partial charge in [-0.3, -0.25) is 4.55 Å². The Hall–Kier alpha value is -1.45. The fraction of sp³-hybridized carbons (Fsp3) is 0.900. The molecule has 3 unspecified atom stereocenters. The maximum Gasteiger partial charge on any atom is 0.465 e. The second-order valence-corrected chi connectivity index (χ2v) is 10.8. The Labute approximate surface area is 195 Å². The highest BCUT2D eigenvalue weighted by atomic mass is 32.2. The predicted molar refractivity (Wildman–Crippen MR) is 108 cm³/mol. The highest BCUT2D eigenvalue weighted by Gasteiger charge is 2.57. The topological polar surface area (TPSA) is 166 Å². The van der Waals surface area contributed by atoms with Crippen LogP contribution in [-0.2, 0) is 38.7 Å². The third-order valence-electron chi connectivity index (χ3n) is 7.03. The van der Waals surface area contributed by atoms with Crippen molar-refractivity contribution in [3.8, 4) is 0 Å². The first-order valence-corrected chi connectivity index (χ1v) is 12.5. The molecule has 1 aliphatic heterocycles. The third kappa shape index (κ3) is 5.36. The van der Waals surface area contributed by atoms with E-state index in [9.17, 15) is 37.0 Å². The Morgan fingerprint density at radius 2 is 1.71 bits per heavy atom. The van der Waals surface area contributed by atoms with Gasteiger partial charge in [0, 0.05) is 11.8 Å². The molecule has 1 heterocycles. The number of ether oxygens (including phenoxy) is 4. The van der Waals surface area contributed by atoms with E-state index in [0.717, 1.165) is 32.1 Å². The number of fused-ring (bicyclic) bond motifs is 3. The van der Waals surface area contributed by atoms with Crippen LogP contribution in [0.5, 0.6) is 0 Å². The van der Waals surface area contributed by atoms with Gasteiger partial charge in [0.15, 0.2) is 12.4 Å². The minimum atomic E-state index is -6.04. The van der Waals surface area contributed by atoms with Crippen molar-refractivity contribution >= 4 is 22.1 Å². The number of hydrogen-bond donors (Lipinski definition) is 3. The van der Waals surface area contributed by atoms with Crippen molar-refractivity contribution in [2.45, 2.75) is 49.6 Å². The number of esters is 2. The molecule has 0 aromatic rings. The Bertz CT molecular complexity index is 849. The standard InChI is InChI=1S/C20H30F2O11S/c21-20(22,34(27,28)29)17(26)31-8-16(25)30-5-4-15-7-13-2-1-3-14(6-13)19(15)32-11-18(9-23,10-24)12-33-19/h13-15,23-24H,1-12H2,(H,27,28,29). The molecule has 3 fully saturated rings. The summed E-state index contributed by atoms with van der Waals surface area (Å²) in [6.07, 6.45) is 4.93. The summed E-state index contributed by atoms with van der Waals surface area (Å²) in [4.78, 5) is 23.0. The van der Waals surface area contributed by atoms with Gasteiger partial charge in [-0.15, -0.1) is 0 Å². The lowest BCUT2D eigenvalue weighted by Gasteiger charge is -2.57. The first-order valence-electron chi connectivity index (χ1n) is 11.1. The molecule has 34 heavy (non-hydrogen) atoms. The molecule has 2 aliphatic carbocycles. The van der Waals surface area contributed by atoms with Crippen LogP contribution in [0.2, 0.25) is 0 Å². The second kappa shape index (κ2) is 10.3. The molecule has 3 atom stereocenters. The molecular formula is C20H30F2O11S. The predicted octanol–water partition coefficient (Wildman–Crippen LogP) is 0.484. The van der Waals surface area contributed by atoms with E-state index in [1.165, 1.54) is 0 Å². The highest BCUT2D eigenvalue weighted by molar-refractivity contribution is 7.87. The van der Waals surface area contributed by atoms with Crippen molar-refractivity contribution in [3.63, 3.8) is 0 Å². The smallest absolute Gasteiger partial charge is 0.463 e. The van der Waals surface area contributed by atoms with Gasteiger partial charge in [0.1, 0.15) is 0 Å². The molecule has 3 N–H and O–H groups in total. The fourth-order valence-electron chi connectivity index (χ4n) is 5.08.